The van der Waals surface area contributed by atoms with Crippen LogP contribution in [-0.2, 0) is 4.74 Å². The second kappa shape index (κ2) is 11.2. The highest BCUT2D eigenvalue weighted by Crippen LogP contribution is 2.25. The van der Waals surface area contributed by atoms with Crippen LogP contribution in [0.1, 0.15) is 19.4 Å². The van der Waals surface area contributed by atoms with Crippen molar-refractivity contribution in [2.75, 3.05) is 14.2 Å². The molecule has 3 aromatic rings. The molecule has 0 saturated heterocycles. The number of rotatable bonds is 2. The molecule has 0 atom stereocenters. The molecule has 0 aromatic heterocycles. The molecule has 0 aliphatic carbocycles. The van der Waals surface area contributed by atoms with Crippen LogP contribution in [0.4, 0.5) is 0 Å². The fraction of sp³-hybridized carbons (Fsp3) is 0.217. The quantitative estimate of drug-likeness (QED) is 0.515. The van der Waals surface area contributed by atoms with E-state index in [-0.39, 0.29) is 0 Å². The second-order valence-electron chi connectivity index (χ2n) is 5.22. The van der Waals surface area contributed by atoms with E-state index in [0.29, 0.717) is 0 Å². The maximum Gasteiger partial charge on any atom is 0.0351 e. The smallest absolute Gasteiger partial charge is 0.0351 e. The first-order valence-electron chi connectivity index (χ1n) is 8.37. The van der Waals surface area contributed by atoms with Gasteiger partial charge in [0.2, 0.25) is 0 Å². The number of methoxy groups -OCH3 is 1. The van der Waals surface area contributed by atoms with Gasteiger partial charge in [0.25, 0.3) is 0 Å². The van der Waals surface area contributed by atoms with E-state index in [1.165, 1.54) is 27.8 Å². The lowest BCUT2D eigenvalue weighted by atomic mass is 9.99. The third-order valence-electron chi connectivity index (χ3n) is 3.34. The molecule has 0 radical (unpaired) electrons. The molecular formula is C23H28O. The summed E-state index contributed by atoms with van der Waals surface area (Å²) in [6, 6.07) is 27.8. The van der Waals surface area contributed by atoms with Gasteiger partial charge in [-0.15, -0.1) is 0 Å². The first kappa shape index (κ1) is 19.7. The Kier molecular flexibility index (Phi) is 9.18. The lowest BCUT2D eigenvalue weighted by molar-refractivity contribution is 0.277. The van der Waals surface area contributed by atoms with Crippen LogP contribution >= 0.6 is 0 Å². The van der Waals surface area contributed by atoms with Gasteiger partial charge in [-0.3, -0.25) is 0 Å². The third kappa shape index (κ3) is 6.02. The van der Waals surface area contributed by atoms with Crippen molar-refractivity contribution in [1.82, 2.24) is 0 Å². The Morgan fingerprint density at radius 3 is 1.46 bits per heavy atom. The SMILES string of the molecule is CC.COC.Cc1cccc(-c2ccc(-c3ccccc3)cc2)c1. The molecular weight excluding hydrogens is 292 g/mol. The predicted molar refractivity (Wildman–Crippen MR) is 106 cm³/mol. The van der Waals surface area contributed by atoms with Crippen LogP contribution in [0, 0.1) is 6.92 Å². The Morgan fingerprint density at radius 2 is 0.958 bits per heavy atom. The van der Waals surface area contributed by atoms with E-state index in [0.717, 1.165) is 0 Å². The van der Waals surface area contributed by atoms with E-state index < -0.39 is 0 Å². The number of hydrogen-bond acceptors (Lipinski definition) is 1. The molecule has 3 aromatic carbocycles. The lowest BCUT2D eigenvalue weighted by Crippen LogP contribution is -1.81. The third-order valence-corrected chi connectivity index (χ3v) is 3.34. The Bertz CT molecular complexity index is 685. The van der Waals surface area contributed by atoms with Crippen molar-refractivity contribution < 1.29 is 4.74 Å². The van der Waals surface area contributed by atoms with Crippen molar-refractivity contribution in [1.29, 1.82) is 0 Å². The maximum atomic E-state index is 4.25. The molecule has 0 heterocycles. The van der Waals surface area contributed by atoms with Gasteiger partial charge in [0, 0.05) is 14.2 Å². The largest absolute Gasteiger partial charge is 0.388 e. The molecule has 0 fully saturated rings. The van der Waals surface area contributed by atoms with Crippen LogP contribution in [0.15, 0.2) is 78.9 Å². The van der Waals surface area contributed by atoms with Gasteiger partial charge in [-0.25, -0.2) is 0 Å². The summed E-state index contributed by atoms with van der Waals surface area (Å²) in [6.07, 6.45) is 0. The van der Waals surface area contributed by atoms with Gasteiger partial charge in [-0.1, -0.05) is 98.3 Å². The van der Waals surface area contributed by atoms with Crippen molar-refractivity contribution in [3.63, 3.8) is 0 Å². The molecule has 0 unspecified atom stereocenters. The Balaban J connectivity index is 0.000000521. The van der Waals surface area contributed by atoms with Crippen molar-refractivity contribution in [3.8, 4) is 22.3 Å². The van der Waals surface area contributed by atoms with E-state index in [2.05, 4.69) is 84.5 Å². The average Bonchev–Trinajstić information content (AvgIpc) is 2.65. The minimum absolute atomic E-state index is 1.26. The molecule has 24 heavy (non-hydrogen) atoms. The number of hydrogen-bond donors (Lipinski definition) is 0. The minimum atomic E-state index is 1.26. The van der Waals surface area contributed by atoms with Crippen LogP contribution in [0.2, 0.25) is 0 Å². The topological polar surface area (TPSA) is 9.23 Å². The van der Waals surface area contributed by atoms with Crippen molar-refractivity contribution in [2.24, 2.45) is 0 Å². The maximum absolute atomic E-state index is 4.25. The Labute approximate surface area is 146 Å². The van der Waals surface area contributed by atoms with Crippen molar-refractivity contribution >= 4 is 0 Å². The van der Waals surface area contributed by atoms with Gasteiger partial charge < -0.3 is 4.74 Å². The van der Waals surface area contributed by atoms with Crippen molar-refractivity contribution in [2.45, 2.75) is 20.8 Å². The van der Waals surface area contributed by atoms with E-state index >= 15 is 0 Å². The molecule has 0 amide bonds. The highest BCUT2D eigenvalue weighted by atomic mass is 16.4. The first-order valence-corrected chi connectivity index (χ1v) is 8.37. The lowest BCUT2D eigenvalue weighted by Gasteiger charge is -2.05. The van der Waals surface area contributed by atoms with Crippen molar-refractivity contribution in [3.05, 3.63) is 84.4 Å². The van der Waals surface area contributed by atoms with E-state index in [1.807, 2.05) is 19.9 Å². The van der Waals surface area contributed by atoms with E-state index in [9.17, 15) is 0 Å². The minimum Gasteiger partial charge on any atom is -0.388 e. The van der Waals surface area contributed by atoms with Crippen LogP contribution in [-0.4, -0.2) is 14.2 Å². The fourth-order valence-electron chi connectivity index (χ4n) is 2.31. The van der Waals surface area contributed by atoms with Crippen LogP contribution < -0.4 is 0 Å². The zero-order chi connectivity index (χ0) is 17.8. The molecule has 1 nitrogen and oxygen atoms in total. The van der Waals surface area contributed by atoms with Gasteiger partial charge in [-0.05, 0) is 29.2 Å². The van der Waals surface area contributed by atoms with Crippen LogP contribution in [0.3, 0.4) is 0 Å². The number of ether oxygens (including phenoxy) is 1. The monoisotopic (exact) mass is 320 g/mol. The Hall–Kier alpha value is -2.38. The van der Waals surface area contributed by atoms with E-state index in [4.69, 9.17) is 0 Å². The van der Waals surface area contributed by atoms with E-state index in [1.54, 1.807) is 14.2 Å². The van der Waals surface area contributed by atoms with Gasteiger partial charge in [0.05, 0.1) is 0 Å². The summed E-state index contributed by atoms with van der Waals surface area (Å²) in [5.74, 6) is 0. The molecule has 1 heteroatoms. The number of benzene rings is 3. The predicted octanol–water partition coefficient (Wildman–Crippen LogP) is 6.62. The van der Waals surface area contributed by atoms with Gasteiger partial charge in [0.15, 0.2) is 0 Å². The normalized spacial score (nSPS) is 9.21. The first-order chi connectivity index (χ1) is 11.7. The molecule has 0 bridgehead atoms. The molecule has 0 saturated carbocycles. The summed E-state index contributed by atoms with van der Waals surface area (Å²) >= 11 is 0. The zero-order valence-corrected chi connectivity index (χ0v) is 15.4. The molecule has 0 aliphatic heterocycles. The summed E-state index contributed by atoms with van der Waals surface area (Å²) in [5, 5.41) is 0. The van der Waals surface area contributed by atoms with Gasteiger partial charge >= 0.3 is 0 Å². The second-order valence-corrected chi connectivity index (χ2v) is 5.22. The molecule has 0 N–H and O–H groups in total. The summed E-state index contributed by atoms with van der Waals surface area (Å²) < 4.78 is 4.25. The summed E-state index contributed by atoms with van der Waals surface area (Å²) in [5.41, 5.74) is 6.36. The number of aryl methyl sites for hydroxylation is 1. The van der Waals surface area contributed by atoms with Gasteiger partial charge in [-0.2, -0.15) is 0 Å². The summed E-state index contributed by atoms with van der Waals surface area (Å²) in [4.78, 5) is 0. The molecule has 0 aliphatic rings. The zero-order valence-electron chi connectivity index (χ0n) is 15.4. The van der Waals surface area contributed by atoms with Crippen LogP contribution in [0.5, 0.6) is 0 Å². The summed E-state index contributed by atoms with van der Waals surface area (Å²) in [7, 11) is 3.25. The van der Waals surface area contributed by atoms with Crippen LogP contribution in [0.25, 0.3) is 22.3 Å². The highest BCUT2D eigenvalue weighted by molar-refractivity contribution is 5.70. The molecule has 3 rings (SSSR count). The molecule has 0 spiro atoms. The fourth-order valence-corrected chi connectivity index (χ4v) is 2.31. The Morgan fingerprint density at radius 1 is 0.542 bits per heavy atom. The van der Waals surface area contributed by atoms with Gasteiger partial charge in [0.1, 0.15) is 0 Å². The average molecular weight is 320 g/mol. The standard InChI is InChI=1S/C19H16.C2H6O.C2H6/c1-15-6-5-9-19(14-15)18-12-10-17(11-13-18)16-7-3-2-4-8-16;1-3-2;1-2/h2-14H,1H3;1-2H3;1-2H3. The highest BCUT2D eigenvalue weighted by Gasteiger charge is 1.99. The molecule has 126 valence electrons. The summed E-state index contributed by atoms with van der Waals surface area (Å²) in [6.45, 7) is 6.13.